The molecule has 0 aromatic carbocycles. The Morgan fingerprint density at radius 3 is 2.59 bits per heavy atom. The first-order valence-electron chi connectivity index (χ1n) is 6.95. The van der Waals surface area contributed by atoms with E-state index in [1.807, 2.05) is 35.0 Å². The molecule has 3 heterocycles. The maximum atomic E-state index is 5.81. The zero-order valence-corrected chi connectivity index (χ0v) is 13.0. The van der Waals surface area contributed by atoms with Gasteiger partial charge < -0.3 is 0 Å². The van der Waals surface area contributed by atoms with E-state index in [1.54, 1.807) is 18.6 Å². The van der Waals surface area contributed by atoms with Crippen LogP contribution in [0, 0.1) is 0 Å². The van der Waals surface area contributed by atoms with E-state index in [0.29, 0.717) is 11.1 Å². The van der Waals surface area contributed by atoms with E-state index in [2.05, 4.69) is 33.0 Å². The first kappa shape index (κ1) is 14.7. The summed E-state index contributed by atoms with van der Waals surface area (Å²) in [6.07, 6.45) is 7.27. The fourth-order valence-corrected chi connectivity index (χ4v) is 2.41. The van der Waals surface area contributed by atoms with Gasteiger partial charge in [-0.1, -0.05) is 17.7 Å². The molecule has 6 heteroatoms. The van der Waals surface area contributed by atoms with Gasteiger partial charge in [-0.05, 0) is 36.9 Å². The lowest BCUT2D eigenvalue weighted by Gasteiger charge is -2.17. The molecule has 0 unspecified atom stereocenters. The number of aromatic nitrogens is 4. The highest BCUT2D eigenvalue weighted by Gasteiger charge is 2.08. The quantitative estimate of drug-likeness (QED) is 0.679. The molecule has 0 aliphatic heterocycles. The standard InChI is InChI=1S/C16H16ClN5/c1-21(11-13-5-6-15(17)20-10-13)12-14-4-2-9-22(14)16-18-7-3-8-19-16/h2-10H,11-12H2,1H3. The Kier molecular flexibility index (Phi) is 4.46. The third-order valence-corrected chi connectivity index (χ3v) is 3.50. The maximum Gasteiger partial charge on any atom is 0.233 e. The van der Waals surface area contributed by atoms with Crippen LogP contribution < -0.4 is 0 Å². The molecule has 0 atom stereocenters. The van der Waals surface area contributed by atoms with Crippen molar-refractivity contribution in [2.24, 2.45) is 0 Å². The van der Waals surface area contributed by atoms with Crippen LogP contribution in [-0.4, -0.2) is 31.5 Å². The molecular formula is C16H16ClN5. The number of hydrogen-bond acceptors (Lipinski definition) is 4. The van der Waals surface area contributed by atoms with E-state index in [9.17, 15) is 0 Å². The van der Waals surface area contributed by atoms with Gasteiger partial charge >= 0.3 is 0 Å². The van der Waals surface area contributed by atoms with Crippen molar-refractivity contribution in [1.82, 2.24) is 24.4 Å². The predicted molar refractivity (Wildman–Crippen MR) is 85.8 cm³/mol. The summed E-state index contributed by atoms with van der Waals surface area (Å²) in [5.74, 6) is 0.684. The highest BCUT2D eigenvalue weighted by molar-refractivity contribution is 6.29. The molecule has 0 aliphatic rings. The minimum absolute atomic E-state index is 0.515. The third kappa shape index (κ3) is 3.50. The summed E-state index contributed by atoms with van der Waals surface area (Å²) in [7, 11) is 2.07. The fourth-order valence-electron chi connectivity index (χ4n) is 2.30. The van der Waals surface area contributed by atoms with E-state index >= 15 is 0 Å². The van der Waals surface area contributed by atoms with Gasteiger partial charge in [0.1, 0.15) is 5.15 Å². The zero-order valence-electron chi connectivity index (χ0n) is 12.2. The predicted octanol–water partition coefficient (Wildman–Crippen LogP) is 2.95. The summed E-state index contributed by atoms with van der Waals surface area (Å²) in [5.41, 5.74) is 2.26. The third-order valence-electron chi connectivity index (χ3n) is 3.27. The summed E-state index contributed by atoms with van der Waals surface area (Å²) in [6.45, 7) is 1.58. The first-order chi connectivity index (χ1) is 10.7. The highest BCUT2D eigenvalue weighted by atomic mass is 35.5. The Morgan fingerprint density at radius 2 is 1.86 bits per heavy atom. The zero-order chi connectivity index (χ0) is 15.4. The van der Waals surface area contributed by atoms with Crippen molar-refractivity contribution in [3.63, 3.8) is 0 Å². The minimum atomic E-state index is 0.515. The monoisotopic (exact) mass is 313 g/mol. The lowest BCUT2D eigenvalue weighted by atomic mass is 10.2. The molecule has 0 fully saturated rings. The minimum Gasteiger partial charge on any atom is -0.296 e. The van der Waals surface area contributed by atoms with E-state index in [4.69, 9.17) is 11.6 Å². The molecule has 0 spiro atoms. The Balaban J connectivity index is 1.71. The second-order valence-electron chi connectivity index (χ2n) is 5.08. The SMILES string of the molecule is CN(Cc1ccc(Cl)nc1)Cc1cccn1-c1ncccn1. The molecule has 3 aromatic rings. The normalized spacial score (nSPS) is 11.0. The van der Waals surface area contributed by atoms with Crippen LogP contribution in [0.15, 0.2) is 55.1 Å². The first-order valence-corrected chi connectivity index (χ1v) is 7.33. The van der Waals surface area contributed by atoms with Crippen molar-refractivity contribution < 1.29 is 0 Å². The smallest absolute Gasteiger partial charge is 0.233 e. The molecule has 0 N–H and O–H groups in total. The topological polar surface area (TPSA) is 46.8 Å². The van der Waals surface area contributed by atoms with Gasteiger partial charge in [-0.15, -0.1) is 0 Å². The number of pyridine rings is 1. The molecule has 0 saturated carbocycles. The van der Waals surface area contributed by atoms with Crippen LogP contribution in [0.4, 0.5) is 0 Å². The van der Waals surface area contributed by atoms with Gasteiger partial charge in [0.05, 0.1) is 0 Å². The van der Waals surface area contributed by atoms with E-state index in [-0.39, 0.29) is 0 Å². The largest absolute Gasteiger partial charge is 0.296 e. The van der Waals surface area contributed by atoms with Crippen molar-refractivity contribution >= 4 is 11.6 Å². The van der Waals surface area contributed by atoms with Crippen molar-refractivity contribution in [3.8, 4) is 5.95 Å². The van der Waals surface area contributed by atoms with Crippen molar-refractivity contribution in [3.05, 3.63) is 71.5 Å². The lowest BCUT2D eigenvalue weighted by molar-refractivity contribution is 0.312. The Bertz CT molecular complexity index is 724. The summed E-state index contributed by atoms with van der Waals surface area (Å²) >= 11 is 5.81. The molecule has 5 nitrogen and oxygen atoms in total. The number of nitrogens with zero attached hydrogens (tertiary/aromatic N) is 5. The van der Waals surface area contributed by atoms with Crippen molar-refractivity contribution in [1.29, 1.82) is 0 Å². The molecule has 3 rings (SSSR count). The molecule has 0 saturated heterocycles. The molecule has 22 heavy (non-hydrogen) atoms. The van der Waals surface area contributed by atoms with Crippen LogP contribution in [0.1, 0.15) is 11.3 Å². The van der Waals surface area contributed by atoms with Gasteiger partial charge in [0.15, 0.2) is 0 Å². The highest BCUT2D eigenvalue weighted by Crippen LogP contribution is 2.12. The Labute approximate surface area is 134 Å². The van der Waals surface area contributed by atoms with Crippen LogP contribution >= 0.6 is 11.6 Å². The average Bonchev–Trinajstić information content (AvgIpc) is 2.98. The van der Waals surface area contributed by atoms with E-state index < -0.39 is 0 Å². The second-order valence-corrected chi connectivity index (χ2v) is 5.47. The number of rotatable bonds is 5. The summed E-state index contributed by atoms with van der Waals surface area (Å²) < 4.78 is 2.00. The number of halogens is 1. The number of hydrogen-bond donors (Lipinski definition) is 0. The lowest BCUT2D eigenvalue weighted by Crippen LogP contribution is -2.19. The second kappa shape index (κ2) is 6.68. The van der Waals surface area contributed by atoms with Gasteiger partial charge in [-0.2, -0.15) is 0 Å². The molecule has 112 valence electrons. The molecule has 0 bridgehead atoms. The van der Waals surface area contributed by atoms with Gasteiger partial charge in [-0.25, -0.2) is 15.0 Å². The molecular weight excluding hydrogens is 298 g/mol. The van der Waals surface area contributed by atoms with Crippen LogP contribution in [0.3, 0.4) is 0 Å². The van der Waals surface area contributed by atoms with Crippen molar-refractivity contribution in [2.75, 3.05) is 7.05 Å². The summed E-state index contributed by atoms with van der Waals surface area (Å²) in [4.78, 5) is 14.9. The molecule has 0 amide bonds. The summed E-state index contributed by atoms with van der Waals surface area (Å²) in [5, 5.41) is 0.515. The maximum absolute atomic E-state index is 5.81. The summed E-state index contributed by atoms with van der Waals surface area (Å²) in [6, 6.07) is 9.69. The van der Waals surface area contributed by atoms with E-state index in [0.717, 1.165) is 24.3 Å². The molecule has 0 aliphatic carbocycles. The van der Waals surface area contributed by atoms with Crippen molar-refractivity contribution in [2.45, 2.75) is 13.1 Å². The molecule has 0 radical (unpaired) electrons. The van der Waals surface area contributed by atoms with Gasteiger partial charge in [0.25, 0.3) is 0 Å². The van der Waals surface area contributed by atoms with Gasteiger partial charge in [-0.3, -0.25) is 9.47 Å². The van der Waals surface area contributed by atoms with Crippen LogP contribution in [-0.2, 0) is 13.1 Å². The van der Waals surface area contributed by atoms with Gasteiger partial charge in [0.2, 0.25) is 5.95 Å². The molecule has 3 aromatic heterocycles. The van der Waals surface area contributed by atoms with Crippen LogP contribution in [0.2, 0.25) is 5.15 Å². The average molecular weight is 314 g/mol. The Morgan fingerprint density at radius 1 is 1.05 bits per heavy atom. The fraction of sp³-hybridized carbons (Fsp3) is 0.188. The van der Waals surface area contributed by atoms with E-state index in [1.165, 1.54) is 0 Å². The Hall–Kier alpha value is -2.24. The van der Waals surface area contributed by atoms with Crippen LogP contribution in [0.25, 0.3) is 5.95 Å². The van der Waals surface area contributed by atoms with Crippen LogP contribution in [0.5, 0.6) is 0 Å². The van der Waals surface area contributed by atoms with Gasteiger partial charge in [0, 0.05) is 43.6 Å².